The Balaban J connectivity index is 1.63. The first kappa shape index (κ1) is 14.5. The summed E-state index contributed by atoms with van der Waals surface area (Å²) < 4.78 is 1.81. The van der Waals surface area contributed by atoms with Gasteiger partial charge in [-0.25, -0.2) is 9.67 Å². The molecule has 1 amide bonds. The van der Waals surface area contributed by atoms with Crippen molar-refractivity contribution < 1.29 is 4.79 Å². The maximum atomic E-state index is 11.1. The van der Waals surface area contributed by atoms with Gasteiger partial charge in [0.15, 0.2) is 0 Å². The maximum absolute atomic E-state index is 11.1. The van der Waals surface area contributed by atoms with Crippen LogP contribution in [0.1, 0.15) is 42.8 Å². The first-order valence-electron chi connectivity index (χ1n) is 7.70. The van der Waals surface area contributed by atoms with E-state index >= 15 is 0 Å². The molecule has 2 atom stereocenters. The first-order valence-corrected chi connectivity index (χ1v) is 7.70. The van der Waals surface area contributed by atoms with Crippen molar-refractivity contribution in [3.05, 3.63) is 12.2 Å². The number of nitrogens with one attached hydrogen (secondary N) is 1. The first-order chi connectivity index (χ1) is 10.1. The molecule has 0 saturated carbocycles. The molecule has 3 heterocycles. The lowest BCUT2D eigenvalue weighted by Gasteiger charge is -2.37. The second-order valence-corrected chi connectivity index (χ2v) is 6.68. The molecule has 2 unspecified atom stereocenters. The molecule has 3 N–H and O–H groups in total. The Hall–Kier alpha value is -1.47. The van der Waals surface area contributed by atoms with Gasteiger partial charge in [-0.05, 0) is 37.8 Å². The predicted octanol–water partition coefficient (Wildman–Crippen LogP) is 0.0135. The smallest absolute Gasteiger partial charge is 0.288 e. The SMILES string of the molecule is CC1(CN2CCCC(n3cnc(C(N)=O)n3)C2)CCNC1. The summed E-state index contributed by atoms with van der Waals surface area (Å²) in [6.45, 7) is 7.81. The van der Waals surface area contributed by atoms with Gasteiger partial charge in [-0.3, -0.25) is 4.79 Å². The molecular formula is C14H24N6O. The second-order valence-electron chi connectivity index (χ2n) is 6.68. The molecule has 7 heteroatoms. The van der Waals surface area contributed by atoms with Gasteiger partial charge in [0.2, 0.25) is 5.82 Å². The molecule has 2 aliphatic heterocycles. The molecule has 0 bridgehead atoms. The third kappa shape index (κ3) is 3.24. The number of nitrogens with zero attached hydrogens (tertiary/aromatic N) is 4. The molecule has 2 saturated heterocycles. The lowest BCUT2D eigenvalue weighted by molar-refractivity contribution is 0.0987. The van der Waals surface area contributed by atoms with Gasteiger partial charge in [0.1, 0.15) is 6.33 Å². The highest BCUT2D eigenvalue weighted by Crippen LogP contribution is 2.29. The average molecular weight is 292 g/mol. The molecular weight excluding hydrogens is 268 g/mol. The van der Waals surface area contributed by atoms with Crippen molar-refractivity contribution in [2.24, 2.45) is 11.1 Å². The molecule has 3 rings (SSSR count). The summed E-state index contributed by atoms with van der Waals surface area (Å²) in [5.41, 5.74) is 5.59. The summed E-state index contributed by atoms with van der Waals surface area (Å²) in [6, 6.07) is 0.289. The number of carbonyl (C=O) groups is 1. The average Bonchev–Trinajstić information content (AvgIpc) is 3.08. The molecule has 0 aromatic carbocycles. The number of aromatic nitrogens is 3. The van der Waals surface area contributed by atoms with Gasteiger partial charge in [-0.1, -0.05) is 6.92 Å². The van der Waals surface area contributed by atoms with Crippen LogP contribution in [-0.4, -0.2) is 58.3 Å². The van der Waals surface area contributed by atoms with Gasteiger partial charge in [0.25, 0.3) is 5.91 Å². The van der Waals surface area contributed by atoms with E-state index in [2.05, 4.69) is 27.2 Å². The summed E-state index contributed by atoms with van der Waals surface area (Å²) in [7, 11) is 0. The predicted molar refractivity (Wildman–Crippen MR) is 78.8 cm³/mol. The van der Waals surface area contributed by atoms with Crippen LogP contribution in [0.2, 0.25) is 0 Å². The molecule has 2 fully saturated rings. The van der Waals surface area contributed by atoms with Crippen molar-refractivity contribution in [2.45, 2.75) is 32.2 Å². The Bertz CT molecular complexity index is 507. The normalized spacial score (nSPS) is 30.6. The highest BCUT2D eigenvalue weighted by molar-refractivity contribution is 5.88. The van der Waals surface area contributed by atoms with E-state index in [-0.39, 0.29) is 11.9 Å². The number of rotatable bonds is 4. The van der Waals surface area contributed by atoms with E-state index in [9.17, 15) is 4.79 Å². The molecule has 0 aliphatic carbocycles. The van der Waals surface area contributed by atoms with Crippen LogP contribution < -0.4 is 11.1 Å². The number of piperidine rings is 1. The van der Waals surface area contributed by atoms with Crippen molar-refractivity contribution >= 4 is 5.91 Å². The van der Waals surface area contributed by atoms with Crippen LogP contribution in [-0.2, 0) is 0 Å². The zero-order valence-corrected chi connectivity index (χ0v) is 12.6. The molecule has 0 radical (unpaired) electrons. The number of likely N-dealkylation sites (tertiary alicyclic amines) is 1. The van der Waals surface area contributed by atoms with E-state index in [1.807, 2.05) is 4.68 Å². The second kappa shape index (κ2) is 5.73. The van der Waals surface area contributed by atoms with Crippen LogP contribution in [0.3, 0.4) is 0 Å². The van der Waals surface area contributed by atoms with Crippen molar-refractivity contribution in [3.63, 3.8) is 0 Å². The monoisotopic (exact) mass is 292 g/mol. The van der Waals surface area contributed by atoms with Gasteiger partial charge in [0, 0.05) is 19.6 Å². The fraction of sp³-hybridized carbons (Fsp3) is 0.786. The summed E-state index contributed by atoms with van der Waals surface area (Å²) in [6.07, 6.45) is 5.10. The highest BCUT2D eigenvalue weighted by Gasteiger charge is 2.33. The molecule has 116 valence electrons. The third-order valence-electron chi connectivity index (χ3n) is 4.65. The van der Waals surface area contributed by atoms with Crippen LogP contribution in [0.15, 0.2) is 6.33 Å². The molecule has 2 aliphatic rings. The number of primary amides is 1. The van der Waals surface area contributed by atoms with Crippen molar-refractivity contribution in [1.29, 1.82) is 0 Å². The summed E-state index contributed by atoms with van der Waals surface area (Å²) >= 11 is 0. The fourth-order valence-electron chi connectivity index (χ4n) is 3.50. The van der Waals surface area contributed by atoms with Gasteiger partial charge >= 0.3 is 0 Å². The minimum atomic E-state index is -0.564. The third-order valence-corrected chi connectivity index (χ3v) is 4.65. The van der Waals surface area contributed by atoms with Crippen molar-refractivity contribution in [3.8, 4) is 0 Å². The van der Waals surface area contributed by atoms with Crippen molar-refractivity contribution in [1.82, 2.24) is 25.0 Å². The highest BCUT2D eigenvalue weighted by atomic mass is 16.1. The quantitative estimate of drug-likeness (QED) is 0.816. The Labute approximate surface area is 124 Å². The van der Waals surface area contributed by atoms with E-state index in [1.165, 1.54) is 6.42 Å². The number of carbonyl (C=O) groups excluding carboxylic acids is 1. The van der Waals surface area contributed by atoms with Crippen LogP contribution >= 0.6 is 0 Å². The van der Waals surface area contributed by atoms with Crippen molar-refractivity contribution in [2.75, 3.05) is 32.7 Å². The minimum Gasteiger partial charge on any atom is -0.363 e. The maximum Gasteiger partial charge on any atom is 0.288 e. The summed E-state index contributed by atoms with van der Waals surface area (Å²) in [5, 5.41) is 7.66. The molecule has 1 aromatic heterocycles. The number of hydrogen-bond donors (Lipinski definition) is 2. The summed E-state index contributed by atoms with van der Waals surface area (Å²) in [4.78, 5) is 17.6. The number of hydrogen-bond acceptors (Lipinski definition) is 5. The Morgan fingerprint density at radius 3 is 3.14 bits per heavy atom. The number of nitrogens with two attached hydrogens (primary N) is 1. The Morgan fingerprint density at radius 1 is 1.62 bits per heavy atom. The van der Waals surface area contributed by atoms with Gasteiger partial charge in [0.05, 0.1) is 6.04 Å². The molecule has 0 spiro atoms. The van der Waals surface area contributed by atoms with E-state index in [4.69, 9.17) is 5.73 Å². The molecule has 1 aromatic rings. The molecule has 21 heavy (non-hydrogen) atoms. The van der Waals surface area contributed by atoms with Crippen LogP contribution in [0.25, 0.3) is 0 Å². The van der Waals surface area contributed by atoms with Crippen LogP contribution in [0, 0.1) is 5.41 Å². The zero-order valence-electron chi connectivity index (χ0n) is 12.6. The van der Waals surface area contributed by atoms with Gasteiger partial charge in [-0.15, -0.1) is 5.10 Å². The van der Waals surface area contributed by atoms with Gasteiger partial charge in [-0.2, -0.15) is 0 Å². The van der Waals surface area contributed by atoms with E-state index in [0.29, 0.717) is 5.41 Å². The lowest BCUT2D eigenvalue weighted by atomic mass is 9.88. The largest absolute Gasteiger partial charge is 0.363 e. The standard InChI is InChI=1S/C14H24N6O/c1-14(4-5-16-8-14)9-19-6-2-3-11(7-19)20-10-17-13(18-20)12(15)21/h10-11,16H,2-9H2,1H3,(H2,15,21). The zero-order chi connectivity index (χ0) is 14.9. The topological polar surface area (TPSA) is 89.1 Å². The lowest BCUT2D eigenvalue weighted by Crippen LogP contribution is -2.43. The van der Waals surface area contributed by atoms with E-state index in [1.54, 1.807) is 6.33 Å². The van der Waals surface area contributed by atoms with Crippen LogP contribution in [0.4, 0.5) is 0 Å². The van der Waals surface area contributed by atoms with E-state index in [0.717, 1.165) is 45.6 Å². The Morgan fingerprint density at radius 2 is 2.48 bits per heavy atom. The minimum absolute atomic E-state index is 0.110. The summed E-state index contributed by atoms with van der Waals surface area (Å²) in [5.74, 6) is -0.454. The van der Waals surface area contributed by atoms with Gasteiger partial charge < -0.3 is 16.0 Å². The fourth-order valence-corrected chi connectivity index (χ4v) is 3.50. The van der Waals surface area contributed by atoms with E-state index < -0.39 is 5.91 Å². The van der Waals surface area contributed by atoms with Crippen LogP contribution in [0.5, 0.6) is 0 Å². The molecule has 7 nitrogen and oxygen atoms in total. The Kier molecular flexibility index (Phi) is 3.95. The number of amides is 1.